The van der Waals surface area contributed by atoms with Crippen LogP contribution < -0.4 is 0 Å². The van der Waals surface area contributed by atoms with Gasteiger partial charge in [0.1, 0.15) is 5.76 Å². The molecule has 1 aliphatic heterocycles. The monoisotopic (exact) mass is 312 g/mol. The maximum atomic E-state index is 12.9. The van der Waals surface area contributed by atoms with Crippen molar-refractivity contribution in [2.45, 2.75) is 39.5 Å². The molecule has 1 saturated heterocycles. The van der Waals surface area contributed by atoms with Crippen molar-refractivity contribution < 1.29 is 9.21 Å². The fourth-order valence-electron chi connectivity index (χ4n) is 3.51. The molecular formula is C19H24N2O2. The van der Waals surface area contributed by atoms with E-state index in [4.69, 9.17) is 4.42 Å². The molecule has 2 aromatic rings. The van der Waals surface area contributed by atoms with Crippen molar-refractivity contribution in [2.24, 2.45) is 5.41 Å². The molecule has 0 saturated carbocycles. The van der Waals surface area contributed by atoms with Gasteiger partial charge >= 0.3 is 0 Å². The molecule has 0 unspecified atom stereocenters. The summed E-state index contributed by atoms with van der Waals surface area (Å²) in [6.07, 6.45) is 1.37. The normalized spacial score (nSPS) is 20.2. The first-order valence-electron chi connectivity index (χ1n) is 8.18. The van der Waals surface area contributed by atoms with Crippen molar-refractivity contribution in [2.75, 3.05) is 13.1 Å². The third kappa shape index (κ3) is 2.90. The lowest BCUT2D eigenvalue weighted by molar-refractivity contribution is 0.0770. The van der Waals surface area contributed by atoms with Crippen molar-refractivity contribution >= 4 is 5.91 Å². The Morgan fingerprint density at radius 2 is 2.00 bits per heavy atom. The molecule has 122 valence electrons. The molecule has 1 fully saturated rings. The summed E-state index contributed by atoms with van der Waals surface area (Å²) in [4.78, 5) is 19.0. The zero-order chi connectivity index (χ0) is 16.6. The van der Waals surface area contributed by atoms with E-state index in [0.717, 1.165) is 13.1 Å². The predicted octanol–water partition coefficient (Wildman–Crippen LogP) is 4.06. The molecule has 1 aromatic heterocycles. The van der Waals surface area contributed by atoms with Crippen molar-refractivity contribution in [1.82, 2.24) is 9.88 Å². The molecule has 3 rings (SSSR count). The van der Waals surface area contributed by atoms with E-state index in [0.29, 0.717) is 17.4 Å². The van der Waals surface area contributed by atoms with Gasteiger partial charge in [0.25, 0.3) is 5.91 Å². The first-order valence-corrected chi connectivity index (χ1v) is 8.18. The van der Waals surface area contributed by atoms with E-state index in [1.807, 2.05) is 24.8 Å². The van der Waals surface area contributed by atoms with E-state index in [1.165, 1.54) is 12.0 Å². The van der Waals surface area contributed by atoms with Crippen molar-refractivity contribution in [3.8, 4) is 0 Å². The number of hydrogen-bond acceptors (Lipinski definition) is 3. The maximum Gasteiger partial charge on any atom is 0.276 e. The summed E-state index contributed by atoms with van der Waals surface area (Å²) in [5.74, 6) is 1.14. The highest BCUT2D eigenvalue weighted by Crippen LogP contribution is 2.42. The number of benzene rings is 1. The Kier molecular flexibility index (Phi) is 4.00. The smallest absolute Gasteiger partial charge is 0.276 e. The summed E-state index contributed by atoms with van der Waals surface area (Å²) in [5, 5.41) is 0. The van der Waals surface area contributed by atoms with Crippen LogP contribution in [0.3, 0.4) is 0 Å². The Hall–Kier alpha value is -2.10. The number of carbonyl (C=O) groups excluding carboxylic acids is 1. The van der Waals surface area contributed by atoms with Crippen LogP contribution in [0, 0.1) is 5.41 Å². The van der Waals surface area contributed by atoms with E-state index < -0.39 is 0 Å². The highest BCUT2D eigenvalue weighted by Gasteiger charge is 2.43. The minimum atomic E-state index is -0.0195. The van der Waals surface area contributed by atoms with Crippen LogP contribution >= 0.6 is 0 Å². The molecule has 0 N–H and O–H groups in total. The summed E-state index contributed by atoms with van der Waals surface area (Å²) < 4.78 is 5.41. The third-order valence-electron chi connectivity index (χ3n) is 4.76. The summed E-state index contributed by atoms with van der Waals surface area (Å²) in [5.41, 5.74) is 1.79. The molecule has 1 amide bonds. The molecule has 0 aliphatic carbocycles. The van der Waals surface area contributed by atoms with E-state index in [2.05, 4.69) is 43.1 Å². The molecule has 1 aromatic carbocycles. The van der Waals surface area contributed by atoms with Crippen LogP contribution in [0.15, 0.2) is 41.1 Å². The highest BCUT2D eigenvalue weighted by atomic mass is 16.3. The Morgan fingerprint density at radius 3 is 2.65 bits per heavy atom. The van der Waals surface area contributed by atoms with Gasteiger partial charge in [-0.05, 0) is 11.0 Å². The van der Waals surface area contributed by atoms with E-state index >= 15 is 0 Å². The topological polar surface area (TPSA) is 46.3 Å². The summed E-state index contributed by atoms with van der Waals surface area (Å²) in [6, 6.07) is 10.4. The lowest BCUT2D eigenvalue weighted by Crippen LogP contribution is -2.31. The van der Waals surface area contributed by atoms with Gasteiger partial charge in [0.15, 0.2) is 12.1 Å². The van der Waals surface area contributed by atoms with Gasteiger partial charge in [0.2, 0.25) is 0 Å². The summed E-state index contributed by atoms with van der Waals surface area (Å²) in [6.45, 7) is 9.93. The lowest BCUT2D eigenvalue weighted by atomic mass is 9.78. The van der Waals surface area contributed by atoms with Gasteiger partial charge < -0.3 is 9.32 Å². The Balaban J connectivity index is 1.85. The average molecular weight is 312 g/mol. The fourth-order valence-corrected chi connectivity index (χ4v) is 3.51. The van der Waals surface area contributed by atoms with Crippen LogP contribution in [-0.2, 0) is 0 Å². The molecule has 0 spiro atoms. The van der Waals surface area contributed by atoms with Gasteiger partial charge in [0.05, 0.1) is 0 Å². The minimum absolute atomic E-state index is 0.0195. The second kappa shape index (κ2) is 5.84. The number of amides is 1. The van der Waals surface area contributed by atoms with Gasteiger partial charge in [-0.3, -0.25) is 4.79 Å². The van der Waals surface area contributed by atoms with Gasteiger partial charge in [-0.1, -0.05) is 58.0 Å². The summed E-state index contributed by atoms with van der Waals surface area (Å²) >= 11 is 0. The second-order valence-electron chi connectivity index (χ2n) is 7.36. The largest absolute Gasteiger partial charge is 0.447 e. The Bertz CT molecular complexity index is 688. The number of rotatable bonds is 3. The van der Waals surface area contributed by atoms with Gasteiger partial charge in [-0.25, -0.2) is 4.98 Å². The van der Waals surface area contributed by atoms with Crippen LogP contribution in [0.4, 0.5) is 0 Å². The number of oxazole rings is 1. The molecule has 1 aliphatic rings. The molecule has 1 atom stereocenters. The van der Waals surface area contributed by atoms with E-state index in [1.54, 1.807) is 0 Å². The summed E-state index contributed by atoms with van der Waals surface area (Å²) in [7, 11) is 0. The van der Waals surface area contributed by atoms with Gasteiger partial charge in [0, 0.05) is 24.9 Å². The van der Waals surface area contributed by atoms with Crippen molar-refractivity contribution in [3.63, 3.8) is 0 Å². The number of nitrogens with zero attached hydrogens (tertiary/aromatic N) is 2. The average Bonchev–Trinajstić information content (AvgIpc) is 3.11. The quantitative estimate of drug-likeness (QED) is 0.858. The van der Waals surface area contributed by atoms with Crippen LogP contribution in [0.2, 0.25) is 0 Å². The third-order valence-corrected chi connectivity index (χ3v) is 4.76. The Labute approximate surface area is 137 Å². The fraction of sp³-hybridized carbons (Fsp3) is 0.474. The minimum Gasteiger partial charge on any atom is -0.447 e. The Morgan fingerprint density at radius 1 is 1.30 bits per heavy atom. The molecule has 4 nitrogen and oxygen atoms in total. The van der Waals surface area contributed by atoms with Crippen molar-refractivity contribution in [3.05, 3.63) is 53.7 Å². The molecule has 23 heavy (non-hydrogen) atoms. The van der Waals surface area contributed by atoms with Crippen LogP contribution in [-0.4, -0.2) is 28.9 Å². The van der Waals surface area contributed by atoms with Gasteiger partial charge in [-0.15, -0.1) is 0 Å². The van der Waals surface area contributed by atoms with Crippen LogP contribution in [0.1, 0.15) is 61.3 Å². The first-order chi connectivity index (χ1) is 10.9. The SMILES string of the molecule is CC(C)c1ocnc1C(=O)N1C[C@H](c2ccccc2)C(C)(C)C1. The van der Waals surface area contributed by atoms with Crippen molar-refractivity contribution in [1.29, 1.82) is 0 Å². The molecule has 2 heterocycles. The zero-order valence-electron chi connectivity index (χ0n) is 14.2. The number of aromatic nitrogens is 1. The number of likely N-dealkylation sites (tertiary alicyclic amines) is 1. The number of carbonyl (C=O) groups is 1. The maximum absolute atomic E-state index is 12.9. The van der Waals surface area contributed by atoms with Gasteiger partial charge in [-0.2, -0.15) is 0 Å². The number of hydrogen-bond donors (Lipinski definition) is 0. The first kappa shape index (κ1) is 15.8. The second-order valence-corrected chi connectivity index (χ2v) is 7.36. The molecule has 0 radical (unpaired) electrons. The van der Waals surface area contributed by atoms with Crippen LogP contribution in [0.5, 0.6) is 0 Å². The van der Waals surface area contributed by atoms with E-state index in [-0.39, 0.29) is 17.2 Å². The highest BCUT2D eigenvalue weighted by molar-refractivity contribution is 5.93. The molecule has 0 bridgehead atoms. The standard InChI is InChI=1S/C19H24N2O2/c1-13(2)17-16(20-12-23-17)18(22)21-10-15(19(3,4)11-21)14-8-6-5-7-9-14/h5-9,12-13,15H,10-11H2,1-4H3/t15-/m1/s1. The predicted molar refractivity (Wildman–Crippen MR) is 89.5 cm³/mol. The van der Waals surface area contributed by atoms with Crippen LogP contribution in [0.25, 0.3) is 0 Å². The van der Waals surface area contributed by atoms with E-state index in [9.17, 15) is 4.79 Å². The zero-order valence-corrected chi connectivity index (χ0v) is 14.2. The lowest BCUT2D eigenvalue weighted by Gasteiger charge is -2.25. The molecule has 4 heteroatoms. The molecular weight excluding hydrogens is 288 g/mol.